The summed E-state index contributed by atoms with van der Waals surface area (Å²) in [6, 6.07) is 5.69. The van der Waals surface area contributed by atoms with E-state index < -0.39 is 0 Å². The third-order valence-electron chi connectivity index (χ3n) is 2.71. The molecule has 1 aromatic heterocycles. The normalized spacial score (nSPS) is 10.6. The van der Waals surface area contributed by atoms with E-state index in [-0.39, 0.29) is 5.91 Å². The van der Waals surface area contributed by atoms with Crippen molar-refractivity contribution in [2.45, 2.75) is 32.6 Å². The molecule has 1 heterocycles. The van der Waals surface area contributed by atoms with Gasteiger partial charge in [-0.3, -0.25) is 4.79 Å². The van der Waals surface area contributed by atoms with E-state index in [0.29, 0.717) is 6.42 Å². The van der Waals surface area contributed by atoms with Crippen LogP contribution in [-0.2, 0) is 4.79 Å². The highest BCUT2D eigenvalue weighted by molar-refractivity contribution is 5.92. The molecule has 2 rings (SSSR count). The lowest BCUT2D eigenvalue weighted by Gasteiger charge is -2.04. The van der Waals surface area contributed by atoms with Gasteiger partial charge in [0.25, 0.3) is 0 Å². The van der Waals surface area contributed by atoms with E-state index in [9.17, 15) is 4.79 Å². The van der Waals surface area contributed by atoms with Crippen molar-refractivity contribution >= 4 is 22.6 Å². The summed E-state index contributed by atoms with van der Waals surface area (Å²) < 4.78 is 0. The summed E-state index contributed by atoms with van der Waals surface area (Å²) in [7, 11) is 0. The topological polar surface area (TPSA) is 57.8 Å². The molecule has 0 saturated carbocycles. The lowest BCUT2D eigenvalue weighted by molar-refractivity contribution is -0.116. The van der Waals surface area contributed by atoms with Crippen LogP contribution in [0.2, 0.25) is 0 Å². The molecule has 0 spiro atoms. The second-order valence-electron chi connectivity index (χ2n) is 4.14. The molecule has 0 atom stereocenters. The summed E-state index contributed by atoms with van der Waals surface area (Å²) in [6.45, 7) is 2.13. The Kier molecular flexibility index (Phi) is 3.75. The number of aromatic amines is 1. The van der Waals surface area contributed by atoms with Crippen molar-refractivity contribution in [2.24, 2.45) is 0 Å². The third-order valence-corrected chi connectivity index (χ3v) is 2.71. The fourth-order valence-corrected chi connectivity index (χ4v) is 1.77. The van der Waals surface area contributed by atoms with E-state index in [1.54, 1.807) is 6.33 Å². The maximum absolute atomic E-state index is 11.6. The zero-order chi connectivity index (χ0) is 12.1. The van der Waals surface area contributed by atoms with Gasteiger partial charge in [0, 0.05) is 12.1 Å². The number of carbonyl (C=O) groups excluding carboxylic acids is 1. The molecular formula is C13H17N3O. The Balaban J connectivity index is 1.95. The predicted molar refractivity (Wildman–Crippen MR) is 68.9 cm³/mol. The van der Waals surface area contributed by atoms with Crippen LogP contribution in [0.25, 0.3) is 11.0 Å². The van der Waals surface area contributed by atoms with Crippen LogP contribution in [0.3, 0.4) is 0 Å². The van der Waals surface area contributed by atoms with Crippen LogP contribution in [0.5, 0.6) is 0 Å². The van der Waals surface area contributed by atoms with Gasteiger partial charge in [-0.2, -0.15) is 0 Å². The zero-order valence-electron chi connectivity index (χ0n) is 9.99. The Bertz CT molecular complexity index is 504. The number of anilines is 1. The number of amides is 1. The zero-order valence-corrected chi connectivity index (χ0v) is 9.99. The fraction of sp³-hybridized carbons (Fsp3) is 0.385. The first-order chi connectivity index (χ1) is 8.29. The first kappa shape index (κ1) is 11.6. The molecular weight excluding hydrogens is 214 g/mol. The summed E-state index contributed by atoms with van der Waals surface area (Å²) in [4.78, 5) is 18.8. The number of benzene rings is 1. The molecule has 0 saturated heterocycles. The second kappa shape index (κ2) is 5.48. The third kappa shape index (κ3) is 3.06. The molecule has 1 aromatic carbocycles. The average Bonchev–Trinajstić information content (AvgIpc) is 2.76. The maximum atomic E-state index is 11.6. The van der Waals surface area contributed by atoms with Crippen molar-refractivity contribution < 1.29 is 4.79 Å². The van der Waals surface area contributed by atoms with Crippen LogP contribution in [0.4, 0.5) is 5.69 Å². The highest BCUT2D eigenvalue weighted by atomic mass is 16.1. The molecule has 4 heteroatoms. The van der Waals surface area contributed by atoms with Gasteiger partial charge in [0.15, 0.2) is 0 Å². The molecule has 17 heavy (non-hydrogen) atoms. The predicted octanol–water partition coefficient (Wildman–Crippen LogP) is 3.08. The largest absolute Gasteiger partial charge is 0.345 e. The standard InChI is InChI=1S/C13H17N3O/c1-2-3-4-5-13(17)16-10-6-7-11-12(8-10)15-9-14-11/h6-9H,2-5H2,1H3,(H,14,15)(H,16,17). The fourth-order valence-electron chi connectivity index (χ4n) is 1.77. The van der Waals surface area contributed by atoms with Crippen LogP contribution in [0.1, 0.15) is 32.6 Å². The molecule has 90 valence electrons. The number of H-pyrrole nitrogens is 1. The Morgan fingerprint density at radius 2 is 2.29 bits per heavy atom. The van der Waals surface area contributed by atoms with E-state index in [1.807, 2.05) is 18.2 Å². The summed E-state index contributed by atoms with van der Waals surface area (Å²) >= 11 is 0. The second-order valence-corrected chi connectivity index (χ2v) is 4.14. The van der Waals surface area contributed by atoms with Gasteiger partial charge in [-0.05, 0) is 24.6 Å². The van der Waals surface area contributed by atoms with Gasteiger partial charge in [-0.25, -0.2) is 4.98 Å². The van der Waals surface area contributed by atoms with Crippen LogP contribution in [-0.4, -0.2) is 15.9 Å². The molecule has 0 bridgehead atoms. The van der Waals surface area contributed by atoms with Crippen LogP contribution in [0.15, 0.2) is 24.5 Å². The van der Waals surface area contributed by atoms with Crippen molar-refractivity contribution in [3.8, 4) is 0 Å². The van der Waals surface area contributed by atoms with Crippen molar-refractivity contribution in [1.82, 2.24) is 9.97 Å². The highest BCUT2D eigenvalue weighted by Crippen LogP contribution is 2.16. The van der Waals surface area contributed by atoms with Crippen LogP contribution < -0.4 is 5.32 Å². The van der Waals surface area contributed by atoms with E-state index in [4.69, 9.17) is 0 Å². The molecule has 0 aliphatic rings. The SMILES string of the molecule is CCCCCC(=O)Nc1ccc2[nH]cnc2c1. The molecule has 0 fully saturated rings. The first-order valence-corrected chi connectivity index (χ1v) is 6.02. The molecule has 0 aliphatic carbocycles. The molecule has 1 amide bonds. The van der Waals surface area contributed by atoms with E-state index in [0.717, 1.165) is 36.0 Å². The van der Waals surface area contributed by atoms with Crippen LogP contribution in [0, 0.1) is 0 Å². The van der Waals surface area contributed by atoms with E-state index in [1.165, 1.54) is 0 Å². The van der Waals surface area contributed by atoms with Crippen molar-refractivity contribution in [3.05, 3.63) is 24.5 Å². The number of fused-ring (bicyclic) bond motifs is 1. The lowest BCUT2D eigenvalue weighted by atomic mass is 10.2. The summed E-state index contributed by atoms with van der Waals surface area (Å²) in [5.74, 6) is 0.0772. The number of rotatable bonds is 5. The number of hydrogen-bond donors (Lipinski definition) is 2. The van der Waals surface area contributed by atoms with E-state index in [2.05, 4.69) is 22.2 Å². The van der Waals surface area contributed by atoms with Gasteiger partial charge in [0.05, 0.1) is 17.4 Å². The summed E-state index contributed by atoms with van der Waals surface area (Å²) in [5.41, 5.74) is 2.66. The summed E-state index contributed by atoms with van der Waals surface area (Å²) in [6.07, 6.45) is 5.43. The van der Waals surface area contributed by atoms with Gasteiger partial charge >= 0.3 is 0 Å². The number of nitrogens with zero attached hydrogens (tertiary/aromatic N) is 1. The lowest BCUT2D eigenvalue weighted by Crippen LogP contribution is -2.10. The number of carbonyl (C=O) groups is 1. The molecule has 0 radical (unpaired) electrons. The Hall–Kier alpha value is -1.84. The minimum Gasteiger partial charge on any atom is -0.345 e. The highest BCUT2D eigenvalue weighted by Gasteiger charge is 2.03. The van der Waals surface area contributed by atoms with Crippen molar-refractivity contribution in [3.63, 3.8) is 0 Å². The van der Waals surface area contributed by atoms with Gasteiger partial charge in [0.2, 0.25) is 5.91 Å². The van der Waals surface area contributed by atoms with Crippen LogP contribution >= 0.6 is 0 Å². The molecule has 0 aliphatic heterocycles. The Morgan fingerprint density at radius 1 is 1.41 bits per heavy atom. The Morgan fingerprint density at radius 3 is 3.12 bits per heavy atom. The Labute approximate surface area is 100 Å². The minimum absolute atomic E-state index is 0.0772. The quantitative estimate of drug-likeness (QED) is 0.777. The monoisotopic (exact) mass is 231 g/mol. The van der Waals surface area contributed by atoms with Crippen molar-refractivity contribution in [1.29, 1.82) is 0 Å². The molecule has 0 unspecified atom stereocenters. The van der Waals surface area contributed by atoms with Crippen molar-refractivity contribution in [2.75, 3.05) is 5.32 Å². The minimum atomic E-state index is 0.0772. The number of nitrogens with one attached hydrogen (secondary N) is 2. The first-order valence-electron chi connectivity index (χ1n) is 6.02. The van der Waals surface area contributed by atoms with E-state index >= 15 is 0 Å². The average molecular weight is 231 g/mol. The number of aromatic nitrogens is 2. The molecule has 2 N–H and O–H groups in total. The van der Waals surface area contributed by atoms with Gasteiger partial charge in [0.1, 0.15) is 0 Å². The number of hydrogen-bond acceptors (Lipinski definition) is 2. The van der Waals surface area contributed by atoms with Gasteiger partial charge in [-0.1, -0.05) is 19.8 Å². The van der Waals surface area contributed by atoms with Gasteiger partial charge in [-0.15, -0.1) is 0 Å². The molecule has 2 aromatic rings. The number of imidazole rings is 1. The molecule has 4 nitrogen and oxygen atoms in total. The maximum Gasteiger partial charge on any atom is 0.224 e. The number of unbranched alkanes of at least 4 members (excludes halogenated alkanes) is 2. The summed E-state index contributed by atoms with van der Waals surface area (Å²) in [5, 5.41) is 2.89. The smallest absolute Gasteiger partial charge is 0.224 e. The van der Waals surface area contributed by atoms with Gasteiger partial charge < -0.3 is 10.3 Å².